The smallest absolute Gasteiger partial charge is 0.234 e. The first-order valence-electron chi connectivity index (χ1n) is 4.73. The minimum absolute atomic E-state index is 0.229. The van der Waals surface area contributed by atoms with Gasteiger partial charge in [0.2, 0.25) is 5.91 Å². The van der Waals surface area contributed by atoms with Gasteiger partial charge in [0.15, 0.2) is 0 Å². The van der Waals surface area contributed by atoms with E-state index in [1.807, 2.05) is 0 Å². The van der Waals surface area contributed by atoms with Crippen molar-refractivity contribution in [1.82, 2.24) is 5.32 Å². The maximum absolute atomic E-state index is 10.7. The van der Waals surface area contributed by atoms with Crippen LogP contribution >= 0.6 is 0 Å². The second-order valence-corrected chi connectivity index (χ2v) is 3.98. The molecule has 4 nitrogen and oxygen atoms in total. The zero-order valence-corrected chi connectivity index (χ0v) is 8.05. The number of nitrogens with two attached hydrogens (primary N) is 1. The van der Waals surface area contributed by atoms with Crippen LogP contribution in [0, 0.1) is 5.41 Å². The number of amides is 1. The second kappa shape index (κ2) is 4.07. The molecule has 0 aromatic carbocycles. The lowest BCUT2D eigenvalue weighted by atomic mass is 10.0. The number of nitrogens with one attached hydrogen (secondary N) is 1. The zero-order valence-electron chi connectivity index (χ0n) is 8.05. The summed E-state index contributed by atoms with van der Waals surface area (Å²) in [5, 5.41) is 11.9. The van der Waals surface area contributed by atoms with Crippen LogP contribution in [0.15, 0.2) is 0 Å². The van der Waals surface area contributed by atoms with Crippen molar-refractivity contribution in [3.05, 3.63) is 0 Å². The van der Waals surface area contributed by atoms with Crippen LogP contribution in [-0.2, 0) is 4.79 Å². The highest BCUT2D eigenvalue weighted by Gasteiger charge is 2.41. The molecule has 0 aromatic rings. The van der Waals surface area contributed by atoms with Gasteiger partial charge in [-0.15, -0.1) is 0 Å². The van der Waals surface area contributed by atoms with Gasteiger partial charge in [0.05, 0.1) is 6.04 Å². The van der Waals surface area contributed by atoms with Gasteiger partial charge < -0.3 is 16.2 Å². The third-order valence-corrected chi connectivity index (χ3v) is 2.81. The molecule has 1 aliphatic carbocycles. The predicted octanol–water partition coefficient (Wildman–Crippen LogP) is -0.388. The number of carbonyl (C=O) groups is 1. The first-order chi connectivity index (χ1) is 6.09. The number of hydrogen-bond donors (Lipinski definition) is 3. The summed E-state index contributed by atoms with van der Waals surface area (Å²) in [4.78, 5) is 10.7. The first kappa shape index (κ1) is 10.5. The normalized spacial score (nSPS) is 21.1. The van der Waals surface area contributed by atoms with Gasteiger partial charge in [0.25, 0.3) is 0 Å². The van der Waals surface area contributed by atoms with Gasteiger partial charge in [-0.3, -0.25) is 4.79 Å². The molecule has 0 radical (unpaired) electrons. The molecule has 1 rings (SSSR count). The quantitative estimate of drug-likeness (QED) is 0.529. The van der Waals surface area contributed by atoms with Crippen LogP contribution in [0.1, 0.15) is 26.2 Å². The number of carbonyl (C=O) groups excluding carboxylic acids is 1. The lowest BCUT2D eigenvalue weighted by Crippen LogP contribution is -2.41. The molecule has 1 amide bonds. The third-order valence-electron chi connectivity index (χ3n) is 2.81. The molecule has 4 heteroatoms. The molecular weight excluding hydrogens is 168 g/mol. The van der Waals surface area contributed by atoms with E-state index in [0.29, 0.717) is 0 Å². The topological polar surface area (TPSA) is 75.3 Å². The minimum Gasteiger partial charge on any atom is -0.396 e. The number of aliphatic hydroxyl groups is 1. The maximum Gasteiger partial charge on any atom is 0.234 e. The Balaban J connectivity index is 2.22. The zero-order chi connectivity index (χ0) is 9.90. The molecule has 1 aliphatic rings. The van der Waals surface area contributed by atoms with E-state index < -0.39 is 0 Å². The van der Waals surface area contributed by atoms with Crippen molar-refractivity contribution in [2.24, 2.45) is 11.1 Å². The Hall–Kier alpha value is -0.610. The predicted molar refractivity (Wildman–Crippen MR) is 50.0 cm³/mol. The Morgan fingerprint density at radius 3 is 2.69 bits per heavy atom. The van der Waals surface area contributed by atoms with Gasteiger partial charge in [-0.2, -0.15) is 0 Å². The highest BCUT2D eigenvalue weighted by atomic mass is 16.3. The van der Waals surface area contributed by atoms with E-state index in [1.54, 1.807) is 6.92 Å². The molecule has 1 atom stereocenters. The highest BCUT2D eigenvalue weighted by Crippen LogP contribution is 2.47. The van der Waals surface area contributed by atoms with E-state index >= 15 is 0 Å². The van der Waals surface area contributed by atoms with E-state index in [2.05, 4.69) is 5.32 Å². The summed E-state index contributed by atoms with van der Waals surface area (Å²) in [6, 6.07) is -0.267. The maximum atomic E-state index is 10.7. The van der Waals surface area contributed by atoms with Crippen LogP contribution in [0.2, 0.25) is 0 Å². The van der Waals surface area contributed by atoms with Crippen molar-refractivity contribution in [3.63, 3.8) is 0 Å². The SMILES string of the molecule is CC(NCC1(CCO)CC1)C(N)=O. The Morgan fingerprint density at radius 1 is 1.69 bits per heavy atom. The Labute approximate surface area is 78.5 Å². The third kappa shape index (κ3) is 2.97. The van der Waals surface area contributed by atoms with Crippen LogP contribution in [-0.4, -0.2) is 30.2 Å². The van der Waals surface area contributed by atoms with Gasteiger partial charge >= 0.3 is 0 Å². The van der Waals surface area contributed by atoms with E-state index in [0.717, 1.165) is 25.8 Å². The van der Waals surface area contributed by atoms with Crippen molar-refractivity contribution in [2.75, 3.05) is 13.2 Å². The fraction of sp³-hybridized carbons (Fsp3) is 0.889. The average molecular weight is 186 g/mol. The van der Waals surface area contributed by atoms with Crippen molar-refractivity contribution < 1.29 is 9.90 Å². The van der Waals surface area contributed by atoms with E-state index in [9.17, 15) is 4.79 Å². The fourth-order valence-electron chi connectivity index (χ4n) is 1.40. The van der Waals surface area contributed by atoms with Crippen molar-refractivity contribution >= 4 is 5.91 Å². The molecule has 76 valence electrons. The van der Waals surface area contributed by atoms with Crippen LogP contribution < -0.4 is 11.1 Å². The standard InChI is InChI=1S/C9H18N2O2/c1-7(8(10)13)11-6-9(2-3-9)4-5-12/h7,11-12H,2-6H2,1H3,(H2,10,13). The Kier molecular flexibility index (Phi) is 3.27. The molecular formula is C9H18N2O2. The molecule has 0 saturated heterocycles. The van der Waals surface area contributed by atoms with E-state index in [1.165, 1.54) is 0 Å². The summed E-state index contributed by atoms with van der Waals surface area (Å²) >= 11 is 0. The van der Waals surface area contributed by atoms with Crippen molar-refractivity contribution in [3.8, 4) is 0 Å². The first-order valence-corrected chi connectivity index (χ1v) is 4.73. The molecule has 0 spiro atoms. The summed E-state index contributed by atoms with van der Waals surface area (Å²) < 4.78 is 0. The van der Waals surface area contributed by atoms with Crippen LogP contribution in [0.5, 0.6) is 0 Å². The molecule has 4 N–H and O–H groups in total. The lowest BCUT2D eigenvalue weighted by Gasteiger charge is -2.17. The average Bonchev–Trinajstić information content (AvgIpc) is 2.82. The summed E-state index contributed by atoms with van der Waals surface area (Å²) in [5.74, 6) is -0.320. The molecule has 0 bridgehead atoms. The largest absolute Gasteiger partial charge is 0.396 e. The summed E-state index contributed by atoms with van der Waals surface area (Å²) in [6.45, 7) is 2.78. The van der Waals surface area contributed by atoms with E-state index in [4.69, 9.17) is 10.8 Å². The molecule has 1 unspecified atom stereocenters. The van der Waals surface area contributed by atoms with Gasteiger partial charge in [-0.25, -0.2) is 0 Å². The van der Waals surface area contributed by atoms with Gasteiger partial charge in [0, 0.05) is 13.2 Å². The van der Waals surface area contributed by atoms with Crippen molar-refractivity contribution in [2.45, 2.75) is 32.2 Å². The van der Waals surface area contributed by atoms with Crippen LogP contribution in [0.25, 0.3) is 0 Å². The Bertz CT molecular complexity index is 190. The minimum atomic E-state index is -0.320. The summed E-state index contributed by atoms with van der Waals surface area (Å²) in [7, 11) is 0. The van der Waals surface area contributed by atoms with Gasteiger partial charge in [-0.1, -0.05) is 0 Å². The summed E-state index contributed by atoms with van der Waals surface area (Å²) in [6.07, 6.45) is 3.11. The lowest BCUT2D eigenvalue weighted by molar-refractivity contribution is -0.119. The Morgan fingerprint density at radius 2 is 2.31 bits per heavy atom. The highest BCUT2D eigenvalue weighted by molar-refractivity contribution is 5.79. The number of aliphatic hydroxyl groups excluding tert-OH is 1. The molecule has 1 fully saturated rings. The number of hydrogen-bond acceptors (Lipinski definition) is 3. The van der Waals surface area contributed by atoms with E-state index in [-0.39, 0.29) is 24.0 Å². The molecule has 0 aromatic heterocycles. The second-order valence-electron chi connectivity index (χ2n) is 3.98. The number of primary amides is 1. The monoisotopic (exact) mass is 186 g/mol. The molecule has 0 heterocycles. The fourth-order valence-corrected chi connectivity index (χ4v) is 1.40. The van der Waals surface area contributed by atoms with Crippen LogP contribution in [0.3, 0.4) is 0 Å². The number of rotatable bonds is 6. The molecule has 1 saturated carbocycles. The van der Waals surface area contributed by atoms with Crippen molar-refractivity contribution in [1.29, 1.82) is 0 Å². The van der Waals surface area contributed by atoms with Gasteiger partial charge in [-0.05, 0) is 31.6 Å². The summed E-state index contributed by atoms with van der Waals surface area (Å²) in [5.41, 5.74) is 5.36. The molecule has 0 aliphatic heterocycles. The van der Waals surface area contributed by atoms with Crippen LogP contribution in [0.4, 0.5) is 0 Å². The van der Waals surface area contributed by atoms with Gasteiger partial charge in [0.1, 0.15) is 0 Å². The molecule has 13 heavy (non-hydrogen) atoms.